The van der Waals surface area contributed by atoms with Crippen molar-refractivity contribution in [2.75, 3.05) is 6.26 Å². The van der Waals surface area contributed by atoms with Gasteiger partial charge in [0.2, 0.25) is 5.78 Å². The zero-order valence-electron chi connectivity index (χ0n) is 12.2. The molecular weight excluding hydrogens is 351 g/mol. The molecule has 0 aliphatic heterocycles. The summed E-state index contributed by atoms with van der Waals surface area (Å²) in [6, 6.07) is 15.9. The second-order valence-corrected chi connectivity index (χ2v) is 6.57. The van der Waals surface area contributed by atoms with Crippen LogP contribution < -0.4 is 0 Å². The lowest BCUT2D eigenvalue weighted by Crippen LogP contribution is -1.98. The fourth-order valence-corrected chi connectivity index (χ4v) is 3.01. The Morgan fingerprint density at radius 2 is 1.52 bits per heavy atom. The highest BCUT2D eigenvalue weighted by Gasteiger charge is 2.19. The molecule has 0 saturated heterocycles. The van der Waals surface area contributed by atoms with E-state index in [0.29, 0.717) is 27.1 Å². The van der Waals surface area contributed by atoms with Gasteiger partial charge in [-0.3, -0.25) is 4.79 Å². The number of thioether (sulfide) groups is 1. The van der Waals surface area contributed by atoms with Crippen LogP contribution in [0.25, 0.3) is 11.3 Å². The minimum Gasteiger partial charge on any atom is -0.451 e. The Bertz CT molecular complexity index is 836. The van der Waals surface area contributed by atoms with Gasteiger partial charge in [0.05, 0.1) is 4.90 Å². The lowest BCUT2D eigenvalue weighted by atomic mass is 10.1. The number of carbonyl (C=O) groups is 1. The first-order chi connectivity index (χ1) is 11.1. The van der Waals surface area contributed by atoms with Crippen molar-refractivity contribution in [2.24, 2.45) is 0 Å². The average Bonchev–Trinajstić information content (AvgIpc) is 3.00. The van der Waals surface area contributed by atoms with E-state index in [9.17, 15) is 4.79 Å². The Kier molecular flexibility index (Phi) is 4.81. The molecule has 116 valence electrons. The zero-order valence-corrected chi connectivity index (χ0v) is 14.5. The summed E-state index contributed by atoms with van der Waals surface area (Å²) in [6.07, 6.45) is 1.95. The van der Waals surface area contributed by atoms with Crippen LogP contribution in [0.1, 0.15) is 16.1 Å². The van der Waals surface area contributed by atoms with Gasteiger partial charge < -0.3 is 4.42 Å². The molecule has 0 amide bonds. The zero-order chi connectivity index (χ0) is 16.4. The fraction of sp³-hybridized carbons (Fsp3) is 0.0556. The predicted octanol–water partition coefficient (Wildman–Crippen LogP) is 6.21. The first-order valence-corrected chi connectivity index (χ1v) is 8.80. The lowest BCUT2D eigenvalue weighted by Gasteiger charge is -2.00. The Morgan fingerprint density at radius 3 is 2.09 bits per heavy atom. The van der Waals surface area contributed by atoms with Crippen LogP contribution in [-0.4, -0.2) is 12.0 Å². The predicted molar refractivity (Wildman–Crippen MR) is 95.8 cm³/mol. The van der Waals surface area contributed by atoms with Crippen molar-refractivity contribution in [1.82, 2.24) is 0 Å². The van der Waals surface area contributed by atoms with Crippen LogP contribution in [0.2, 0.25) is 10.0 Å². The lowest BCUT2D eigenvalue weighted by molar-refractivity contribution is 0.101. The quantitative estimate of drug-likeness (QED) is 0.408. The summed E-state index contributed by atoms with van der Waals surface area (Å²) in [5, 5.41) is 1.25. The van der Waals surface area contributed by atoms with E-state index in [1.807, 2.05) is 18.4 Å². The molecule has 3 aromatic rings. The van der Waals surface area contributed by atoms with Crippen molar-refractivity contribution >= 4 is 40.7 Å². The van der Waals surface area contributed by atoms with Crippen LogP contribution in [0.5, 0.6) is 0 Å². The van der Waals surface area contributed by atoms with E-state index < -0.39 is 0 Å². The molecule has 0 atom stereocenters. The van der Waals surface area contributed by atoms with E-state index in [0.717, 1.165) is 10.5 Å². The van der Waals surface area contributed by atoms with E-state index in [1.165, 1.54) is 11.8 Å². The SMILES string of the molecule is CSc1cc(C(=O)c2ccc(Cl)cc2)oc1-c1ccc(Cl)cc1. The standard InChI is InChI=1S/C18H12Cl2O2S/c1-23-16-10-15(17(21)11-2-6-13(19)7-3-11)22-18(16)12-4-8-14(20)9-5-12/h2-10H,1H3. The molecule has 2 aromatic carbocycles. The Hall–Kier alpha value is -1.68. The number of ketones is 1. The molecule has 0 aliphatic rings. The smallest absolute Gasteiger partial charge is 0.228 e. The maximum absolute atomic E-state index is 12.6. The molecule has 0 unspecified atom stereocenters. The summed E-state index contributed by atoms with van der Waals surface area (Å²) in [7, 11) is 0. The van der Waals surface area contributed by atoms with Gasteiger partial charge in [-0.2, -0.15) is 0 Å². The molecule has 23 heavy (non-hydrogen) atoms. The summed E-state index contributed by atoms with van der Waals surface area (Å²) in [6.45, 7) is 0. The number of halogens is 2. The molecule has 0 N–H and O–H groups in total. The third kappa shape index (κ3) is 3.47. The van der Waals surface area contributed by atoms with Gasteiger partial charge in [-0.1, -0.05) is 23.2 Å². The normalized spacial score (nSPS) is 10.7. The van der Waals surface area contributed by atoms with E-state index in [1.54, 1.807) is 42.5 Å². The number of carbonyl (C=O) groups excluding carboxylic acids is 1. The van der Waals surface area contributed by atoms with Crippen LogP contribution in [0.15, 0.2) is 63.9 Å². The second-order valence-electron chi connectivity index (χ2n) is 4.85. The largest absolute Gasteiger partial charge is 0.451 e. The minimum atomic E-state index is -0.169. The molecule has 0 radical (unpaired) electrons. The first kappa shape index (κ1) is 16.2. The second kappa shape index (κ2) is 6.83. The highest BCUT2D eigenvalue weighted by atomic mass is 35.5. The molecule has 0 spiro atoms. The summed E-state index contributed by atoms with van der Waals surface area (Å²) < 4.78 is 5.83. The third-order valence-electron chi connectivity index (χ3n) is 3.35. The van der Waals surface area contributed by atoms with Gasteiger partial charge in [0.1, 0.15) is 5.76 Å². The van der Waals surface area contributed by atoms with Gasteiger partial charge >= 0.3 is 0 Å². The third-order valence-corrected chi connectivity index (χ3v) is 4.60. The first-order valence-electron chi connectivity index (χ1n) is 6.82. The maximum Gasteiger partial charge on any atom is 0.228 e. The monoisotopic (exact) mass is 362 g/mol. The summed E-state index contributed by atoms with van der Waals surface area (Å²) in [4.78, 5) is 13.5. The number of rotatable bonds is 4. The van der Waals surface area contributed by atoms with Crippen molar-refractivity contribution in [2.45, 2.75) is 4.90 Å². The van der Waals surface area contributed by atoms with Crippen LogP contribution in [0.4, 0.5) is 0 Å². The van der Waals surface area contributed by atoms with Gasteiger partial charge in [0.25, 0.3) is 0 Å². The van der Waals surface area contributed by atoms with E-state index >= 15 is 0 Å². The average molecular weight is 363 g/mol. The van der Waals surface area contributed by atoms with Crippen molar-refractivity contribution < 1.29 is 9.21 Å². The molecule has 0 saturated carbocycles. The number of hydrogen-bond donors (Lipinski definition) is 0. The molecule has 5 heteroatoms. The van der Waals surface area contributed by atoms with Gasteiger partial charge in [-0.25, -0.2) is 0 Å². The van der Waals surface area contributed by atoms with Gasteiger partial charge in [-0.15, -0.1) is 11.8 Å². The summed E-state index contributed by atoms with van der Waals surface area (Å²) in [5.74, 6) is 0.810. The summed E-state index contributed by atoms with van der Waals surface area (Å²) >= 11 is 13.3. The van der Waals surface area contributed by atoms with Crippen molar-refractivity contribution in [3.63, 3.8) is 0 Å². The molecular formula is C18H12Cl2O2S. The number of hydrogen-bond acceptors (Lipinski definition) is 3. The van der Waals surface area contributed by atoms with Crippen molar-refractivity contribution in [3.8, 4) is 11.3 Å². The molecule has 0 fully saturated rings. The number of benzene rings is 2. The molecule has 1 aromatic heterocycles. The van der Waals surface area contributed by atoms with Gasteiger partial charge in [-0.05, 0) is 54.8 Å². The van der Waals surface area contributed by atoms with E-state index in [-0.39, 0.29) is 5.78 Å². The van der Waals surface area contributed by atoms with Gasteiger partial charge in [0.15, 0.2) is 5.76 Å². The Balaban J connectivity index is 2.00. The van der Waals surface area contributed by atoms with E-state index in [4.69, 9.17) is 27.6 Å². The van der Waals surface area contributed by atoms with Crippen molar-refractivity contribution in [3.05, 3.63) is 76.0 Å². The highest BCUT2D eigenvalue weighted by molar-refractivity contribution is 7.98. The van der Waals surface area contributed by atoms with Crippen LogP contribution in [0.3, 0.4) is 0 Å². The van der Waals surface area contributed by atoms with E-state index in [2.05, 4.69) is 0 Å². The van der Waals surface area contributed by atoms with Crippen LogP contribution in [-0.2, 0) is 0 Å². The maximum atomic E-state index is 12.6. The minimum absolute atomic E-state index is 0.169. The van der Waals surface area contributed by atoms with Gasteiger partial charge in [0, 0.05) is 27.2 Å². The fourth-order valence-electron chi connectivity index (χ4n) is 2.18. The van der Waals surface area contributed by atoms with Crippen LogP contribution >= 0.6 is 35.0 Å². The van der Waals surface area contributed by atoms with Crippen molar-refractivity contribution in [1.29, 1.82) is 0 Å². The number of furan rings is 1. The highest BCUT2D eigenvalue weighted by Crippen LogP contribution is 2.34. The Labute approximate surface area is 148 Å². The Morgan fingerprint density at radius 1 is 0.957 bits per heavy atom. The molecule has 3 rings (SSSR count). The summed E-state index contributed by atoms with van der Waals surface area (Å²) in [5.41, 5.74) is 1.42. The topological polar surface area (TPSA) is 30.2 Å². The molecule has 1 heterocycles. The molecule has 0 bridgehead atoms. The molecule has 2 nitrogen and oxygen atoms in total. The van der Waals surface area contributed by atoms with Crippen LogP contribution in [0, 0.1) is 0 Å². The molecule has 0 aliphatic carbocycles.